The summed E-state index contributed by atoms with van der Waals surface area (Å²) < 4.78 is 0. The third kappa shape index (κ3) is 4.77. The second-order valence-corrected chi connectivity index (χ2v) is 4.63. The Bertz CT molecular complexity index is 312. The number of rotatable bonds is 8. The first-order valence-corrected chi connectivity index (χ1v) is 6.87. The molecule has 3 nitrogen and oxygen atoms in total. The van der Waals surface area contributed by atoms with Crippen LogP contribution in [0.2, 0.25) is 0 Å². The number of nitrogens with one attached hydrogen (secondary N) is 1. The maximum atomic E-state index is 10.2. The van der Waals surface area contributed by atoms with Gasteiger partial charge in [0.2, 0.25) is 0 Å². The second kappa shape index (κ2) is 8.25. The molecule has 0 aliphatic rings. The highest BCUT2D eigenvalue weighted by atomic mass is 16.3. The summed E-state index contributed by atoms with van der Waals surface area (Å²) in [5, 5.41) is 13.6. The maximum absolute atomic E-state index is 10.2. The molecule has 3 heteroatoms. The van der Waals surface area contributed by atoms with Gasteiger partial charge in [0.25, 0.3) is 0 Å². The normalized spacial score (nSPS) is 14.7. The first-order chi connectivity index (χ1) is 8.69. The van der Waals surface area contributed by atoms with Gasteiger partial charge in [0.1, 0.15) is 0 Å². The summed E-state index contributed by atoms with van der Waals surface area (Å²) in [6.45, 7) is 10.5. The molecule has 0 bridgehead atoms. The quantitative estimate of drug-likeness (QED) is 0.741. The predicted octanol–water partition coefficient (Wildman–Crippen LogP) is 2.04. The second-order valence-electron chi connectivity index (χ2n) is 4.63. The van der Waals surface area contributed by atoms with Crippen LogP contribution in [-0.2, 0) is 0 Å². The number of aliphatic hydroxyl groups excluding tert-OH is 1. The van der Waals surface area contributed by atoms with E-state index >= 15 is 0 Å². The van der Waals surface area contributed by atoms with Crippen LogP contribution in [0.4, 0.5) is 0 Å². The van der Waals surface area contributed by atoms with E-state index in [1.165, 1.54) is 0 Å². The third-order valence-corrected chi connectivity index (χ3v) is 3.40. The zero-order valence-electron chi connectivity index (χ0n) is 11.8. The van der Waals surface area contributed by atoms with Crippen molar-refractivity contribution in [1.82, 2.24) is 10.2 Å². The van der Waals surface area contributed by atoms with E-state index in [1.54, 1.807) is 0 Å². The highest BCUT2D eigenvalue weighted by molar-refractivity contribution is 5.18. The zero-order chi connectivity index (χ0) is 13.4. The summed E-state index contributed by atoms with van der Waals surface area (Å²) in [5.74, 6) is 0. The average molecular weight is 250 g/mol. The van der Waals surface area contributed by atoms with Crippen LogP contribution in [0.25, 0.3) is 0 Å². The summed E-state index contributed by atoms with van der Waals surface area (Å²) in [6.07, 6.45) is -0.442. The molecular formula is C15H26N2O. The van der Waals surface area contributed by atoms with Crippen LogP contribution in [-0.4, -0.2) is 42.2 Å². The smallest absolute Gasteiger partial charge is 0.0940 e. The lowest BCUT2D eigenvalue weighted by Crippen LogP contribution is -2.38. The molecule has 1 rings (SSSR count). The molecule has 1 aromatic rings. The Kier molecular flexibility index (Phi) is 6.94. The minimum atomic E-state index is -0.442. The zero-order valence-corrected chi connectivity index (χ0v) is 11.8. The van der Waals surface area contributed by atoms with Gasteiger partial charge in [-0.3, -0.25) is 0 Å². The average Bonchev–Trinajstić information content (AvgIpc) is 2.43. The van der Waals surface area contributed by atoms with Crippen LogP contribution in [0.5, 0.6) is 0 Å². The molecule has 0 aliphatic carbocycles. The molecule has 0 radical (unpaired) electrons. The molecule has 0 aromatic heterocycles. The number of hydrogen-bond acceptors (Lipinski definition) is 3. The SMILES string of the molecule is CCN(CC)CCNC(C)C(O)c1ccccc1. The highest BCUT2D eigenvalue weighted by Crippen LogP contribution is 2.15. The molecule has 2 N–H and O–H groups in total. The molecule has 0 aliphatic heterocycles. The van der Waals surface area contributed by atoms with Crippen molar-refractivity contribution in [3.05, 3.63) is 35.9 Å². The lowest BCUT2D eigenvalue weighted by molar-refractivity contribution is 0.134. The molecule has 1 aromatic carbocycles. The van der Waals surface area contributed by atoms with Gasteiger partial charge in [-0.15, -0.1) is 0 Å². The monoisotopic (exact) mass is 250 g/mol. The Balaban J connectivity index is 2.34. The van der Waals surface area contributed by atoms with E-state index in [2.05, 4.69) is 24.1 Å². The van der Waals surface area contributed by atoms with E-state index in [-0.39, 0.29) is 6.04 Å². The molecule has 2 unspecified atom stereocenters. The van der Waals surface area contributed by atoms with E-state index in [1.807, 2.05) is 37.3 Å². The molecule has 0 heterocycles. The van der Waals surface area contributed by atoms with Gasteiger partial charge in [-0.2, -0.15) is 0 Å². The van der Waals surface area contributed by atoms with Crippen LogP contribution in [0.3, 0.4) is 0 Å². The van der Waals surface area contributed by atoms with Gasteiger partial charge in [0.05, 0.1) is 6.10 Å². The maximum Gasteiger partial charge on any atom is 0.0940 e. The fourth-order valence-electron chi connectivity index (χ4n) is 2.04. The Morgan fingerprint density at radius 1 is 1.17 bits per heavy atom. The molecule has 18 heavy (non-hydrogen) atoms. The fourth-order valence-corrected chi connectivity index (χ4v) is 2.04. The summed E-state index contributed by atoms with van der Waals surface area (Å²) >= 11 is 0. The standard InChI is InChI=1S/C15H26N2O/c1-4-17(5-2)12-11-16-13(3)15(18)14-9-7-6-8-10-14/h6-10,13,15-16,18H,4-5,11-12H2,1-3H3. The van der Waals surface area contributed by atoms with Crippen molar-refractivity contribution in [3.63, 3.8) is 0 Å². The van der Waals surface area contributed by atoms with Gasteiger partial charge in [0, 0.05) is 19.1 Å². The van der Waals surface area contributed by atoms with E-state index in [4.69, 9.17) is 0 Å². The van der Waals surface area contributed by atoms with Crippen LogP contribution >= 0.6 is 0 Å². The van der Waals surface area contributed by atoms with Gasteiger partial charge >= 0.3 is 0 Å². The molecule has 0 amide bonds. The largest absolute Gasteiger partial charge is 0.387 e. The number of hydrogen-bond donors (Lipinski definition) is 2. The third-order valence-electron chi connectivity index (χ3n) is 3.40. The molecule has 0 saturated heterocycles. The van der Waals surface area contributed by atoms with Gasteiger partial charge in [-0.25, -0.2) is 0 Å². The van der Waals surface area contributed by atoms with Crippen molar-refractivity contribution in [2.24, 2.45) is 0 Å². The van der Waals surface area contributed by atoms with Crippen molar-refractivity contribution in [3.8, 4) is 0 Å². The van der Waals surface area contributed by atoms with E-state index in [9.17, 15) is 5.11 Å². The number of benzene rings is 1. The fraction of sp³-hybridized carbons (Fsp3) is 0.600. The van der Waals surface area contributed by atoms with Crippen LogP contribution in [0, 0.1) is 0 Å². The van der Waals surface area contributed by atoms with E-state index < -0.39 is 6.10 Å². The highest BCUT2D eigenvalue weighted by Gasteiger charge is 2.15. The predicted molar refractivity (Wildman–Crippen MR) is 76.7 cm³/mol. The minimum Gasteiger partial charge on any atom is -0.387 e. The van der Waals surface area contributed by atoms with Gasteiger partial charge in [-0.1, -0.05) is 44.2 Å². The topological polar surface area (TPSA) is 35.5 Å². The minimum absolute atomic E-state index is 0.0722. The first-order valence-electron chi connectivity index (χ1n) is 6.87. The van der Waals surface area contributed by atoms with E-state index in [0.29, 0.717) is 0 Å². The number of nitrogens with zero attached hydrogens (tertiary/aromatic N) is 1. The Hall–Kier alpha value is -0.900. The lowest BCUT2D eigenvalue weighted by Gasteiger charge is -2.23. The van der Waals surface area contributed by atoms with Crippen molar-refractivity contribution in [2.75, 3.05) is 26.2 Å². The number of aliphatic hydroxyl groups is 1. The molecular weight excluding hydrogens is 224 g/mol. The van der Waals surface area contributed by atoms with Crippen molar-refractivity contribution in [1.29, 1.82) is 0 Å². The molecule has 0 saturated carbocycles. The summed E-state index contributed by atoms with van der Waals surface area (Å²) in [7, 11) is 0. The lowest BCUT2D eigenvalue weighted by atomic mass is 10.0. The summed E-state index contributed by atoms with van der Waals surface area (Å²) in [4.78, 5) is 2.37. The summed E-state index contributed by atoms with van der Waals surface area (Å²) in [6, 6.07) is 9.89. The van der Waals surface area contributed by atoms with Gasteiger partial charge < -0.3 is 15.3 Å². The van der Waals surface area contributed by atoms with Crippen molar-refractivity contribution < 1.29 is 5.11 Å². The molecule has 0 spiro atoms. The Labute approximate surface area is 111 Å². The van der Waals surface area contributed by atoms with Gasteiger partial charge in [-0.05, 0) is 25.6 Å². The van der Waals surface area contributed by atoms with Crippen LogP contribution in [0.15, 0.2) is 30.3 Å². The molecule has 2 atom stereocenters. The van der Waals surface area contributed by atoms with Crippen LogP contribution < -0.4 is 5.32 Å². The number of likely N-dealkylation sites (N-methyl/N-ethyl adjacent to an activating group) is 1. The Morgan fingerprint density at radius 2 is 1.78 bits per heavy atom. The van der Waals surface area contributed by atoms with Crippen LogP contribution in [0.1, 0.15) is 32.4 Å². The van der Waals surface area contributed by atoms with Crippen molar-refractivity contribution >= 4 is 0 Å². The van der Waals surface area contributed by atoms with Gasteiger partial charge in [0.15, 0.2) is 0 Å². The molecule has 0 fully saturated rings. The molecule has 102 valence electrons. The Morgan fingerprint density at radius 3 is 2.33 bits per heavy atom. The van der Waals surface area contributed by atoms with E-state index in [0.717, 1.165) is 31.7 Å². The summed E-state index contributed by atoms with van der Waals surface area (Å²) in [5.41, 5.74) is 0.973. The first kappa shape index (κ1) is 15.2. The van der Waals surface area contributed by atoms with Crippen molar-refractivity contribution in [2.45, 2.75) is 32.9 Å².